The summed E-state index contributed by atoms with van der Waals surface area (Å²) in [5.41, 5.74) is -0.772. The SMILES string of the molecule is COCCC(C)(C)CNS(=O)(=O)c1c[nH]ccc1=O. The molecule has 0 fully saturated rings. The average Bonchev–Trinajstić information content (AvgIpc) is 2.35. The van der Waals surface area contributed by atoms with Crippen LogP contribution in [-0.2, 0) is 14.8 Å². The quantitative estimate of drug-likeness (QED) is 0.773. The van der Waals surface area contributed by atoms with Crippen molar-refractivity contribution >= 4 is 10.0 Å². The number of hydrogen-bond acceptors (Lipinski definition) is 4. The van der Waals surface area contributed by atoms with Crippen molar-refractivity contribution in [3.05, 3.63) is 28.7 Å². The predicted molar refractivity (Wildman–Crippen MR) is 72.5 cm³/mol. The number of nitrogens with one attached hydrogen (secondary N) is 2. The number of ether oxygens (including phenoxy) is 1. The minimum absolute atomic E-state index is 0.243. The molecule has 0 aliphatic carbocycles. The van der Waals surface area contributed by atoms with Crippen LogP contribution in [0.5, 0.6) is 0 Å². The highest BCUT2D eigenvalue weighted by molar-refractivity contribution is 7.89. The van der Waals surface area contributed by atoms with E-state index in [0.29, 0.717) is 6.61 Å². The van der Waals surface area contributed by atoms with Crippen molar-refractivity contribution in [3.63, 3.8) is 0 Å². The third kappa shape index (κ3) is 4.77. The lowest BCUT2D eigenvalue weighted by Crippen LogP contribution is -2.36. The highest BCUT2D eigenvalue weighted by atomic mass is 32.2. The maximum absolute atomic E-state index is 12.0. The molecule has 0 saturated carbocycles. The van der Waals surface area contributed by atoms with Crippen LogP contribution in [0.2, 0.25) is 0 Å². The first-order chi connectivity index (χ1) is 8.78. The average molecular weight is 288 g/mol. The molecule has 108 valence electrons. The zero-order chi connectivity index (χ0) is 14.5. The number of pyridine rings is 1. The van der Waals surface area contributed by atoms with Gasteiger partial charge >= 0.3 is 0 Å². The Hall–Kier alpha value is -1.18. The van der Waals surface area contributed by atoms with Crippen LogP contribution in [-0.4, -0.2) is 33.7 Å². The first-order valence-electron chi connectivity index (χ1n) is 5.94. The minimum atomic E-state index is -3.78. The van der Waals surface area contributed by atoms with E-state index >= 15 is 0 Å². The smallest absolute Gasteiger partial charge is 0.245 e. The number of hydrogen-bond donors (Lipinski definition) is 2. The third-order valence-electron chi connectivity index (χ3n) is 2.80. The summed E-state index contributed by atoms with van der Waals surface area (Å²) >= 11 is 0. The lowest BCUT2D eigenvalue weighted by Gasteiger charge is -2.24. The van der Waals surface area contributed by atoms with Crippen LogP contribution in [0, 0.1) is 5.41 Å². The van der Waals surface area contributed by atoms with Crippen molar-refractivity contribution in [2.24, 2.45) is 5.41 Å². The van der Waals surface area contributed by atoms with E-state index in [1.165, 1.54) is 18.5 Å². The van der Waals surface area contributed by atoms with Crippen molar-refractivity contribution < 1.29 is 13.2 Å². The summed E-state index contributed by atoms with van der Waals surface area (Å²) in [6.45, 7) is 4.67. The third-order valence-corrected chi connectivity index (χ3v) is 4.22. The molecule has 0 atom stereocenters. The Morgan fingerprint density at radius 3 is 2.68 bits per heavy atom. The largest absolute Gasteiger partial charge is 0.385 e. The van der Waals surface area contributed by atoms with Crippen LogP contribution in [0.25, 0.3) is 0 Å². The molecule has 0 spiro atoms. The maximum Gasteiger partial charge on any atom is 0.245 e. The Labute approximate surface area is 113 Å². The molecule has 0 bridgehead atoms. The maximum atomic E-state index is 12.0. The van der Waals surface area contributed by atoms with Crippen molar-refractivity contribution in [3.8, 4) is 0 Å². The predicted octanol–water partition coefficient (Wildman–Crippen LogP) is 0.716. The molecule has 2 N–H and O–H groups in total. The number of H-pyrrole nitrogens is 1. The number of methoxy groups -OCH3 is 1. The van der Waals surface area contributed by atoms with Gasteiger partial charge in [-0.05, 0) is 11.8 Å². The fraction of sp³-hybridized carbons (Fsp3) is 0.583. The van der Waals surface area contributed by atoms with Gasteiger partial charge in [0.15, 0.2) is 0 Å². The Kier molecular flexibility index (Phi) is 5.28. The van der Waals surface area contributed by atoms with Gasteiger partial charge in [0.25, 0.3) is 0 Å². The summed E-state index contributed by atoms with van der Waals surface area (Å²) in [6, 6.07) is 1.19. The molecule has 0 aliphatic rings. The first kappa shape index (κ1) is 15.9. The summed E-state index contributed by atoms with van der Waals surface area (Å²) in [5, 5.41) is 0. The van der Waals surface area contributed by atoms with Gasteiger partial charge in [-0.15, -0.1) is 0 Å². The van der Waals surface area contributed by atoms with E-state index in [2.05, 4.69) is 9.71 Å². The molecule has 7 heteroatoms. The lowest BCUT2D eigenvalue weighted by atomic mass is 9.90. The number of aromatic nitrogens is 1. The lowest BCUT2D eigenvalue weighted by molar-refractivity contribution is 0.153. The van der Waals surface area contributed by atoms with E-state index in [9.17, 15) is 13.2 Å². The Balaban J connectivity index is 2.77. The second-order valence-corrected chi connectivity index (χ2v) is 6.84. The Morgan fingerprint density at radius 2 is 2.11 bits per heavy atom. The van der Waals surface area contributed by atoms with Crippen molar-refractivity contribution in [1.82, 2.24) is 9.71 Å². The molecule has 0 unspecified atom stereocenters. The highest BCUT2D eigenvalue weighted by Gasteiger charge is 2.23. The van der Waals surface area contributed by atoms with Gasteiger partial charge in [-0.25, -0.2) is 13.1 Å². The van der Waals surface area contributed by atoms with E-state index < -0.39 is 15.5 Å². The van der Waals surface area contributed by atoms with Crippen LogP contribution < -0.4 is 10.2 Å². The molecule has 0 aromatic carbocycles. The molecule has 1 aromatic rings. The van der Waals surface area contributed by atoms with Gasteiger partial charge in [-0.2, -0.15) is 0 Å². The molecule has 1 rings (SSSR count). The Bertz CT molecular complexity index is 563. The van der Waals surface area contributed by atoms with Crippen molar-refractivity contribution in [2.45, 2.75) is 25.2 Å². The fourth-order valence-corrected chi connectivity index (χ4v) is 2.74. The highest BCUT2D eigenvalue weighted by Crippen LogP contribution is 2.19. The van der Waals surface area contributed by atoms with E-state index in [1.54, 1.807) is 7.11 Å². The minimum Gasteiger partial charge on any atom is -0.385 e. The van der Waals surface area contributed by atoms with Gasteiger partial charge in [0.1, 0.15) is 4.90 Å². The number of aromatic amines is 1. The summed E-state index contributed by atoms with van der Waals surface area (Å²) < 4.78 is 31.5. The van der Waals surface area contributed by atoms with Gasteiger partial charge in [-0.3, -0.25) is 4.79 Å². The molecule has 1 aromatic heterocycles. The van der Waals surface area contributed by atoms with Crippen LogP contribution in [0.1, 0.15) is 20.3 Å². The zero-order valence-electron chi connectivity index (χ0n) is 11.4. The molecule has 19 heavy (non-hydrogen) atoms. The monoisotopic (exact) mass is 288 g/mol. The zero-order valence-corrected chi connectivity index (χ0v) is 12.2. The van der Waals surface area contributed by atoms with Crippen LogP contribution in [0.3, 0.4) is 0 Å². The molecule has 0 aliphatic heterocycles. The molecule has 0 amide bonds. The summed E-state index contributed by atoms with van der Waals surface area (Å²) in [5.74, 6) is 0. The first-order valence-corrected chi connectivity index (χ1v) is 7.42. The second kappa shape index (κ2) is 6.31. The number of sulfonamides is 1. The van der Waals surface area contributed by atoms with Crippen LogP contribution >= 0.6 is 0 Å². The van der Waals surface area contributed by atoms with Crippen molar-refractivity contribution in [2.75, 3.05) is 20.3 Å². The summed E-state index contributed by atoms with van der Waals surface area (Å²) in [4.78, 5) is 13.8. The molecule has 0 radical (unpaired) electrons. The van der Waals surface area contributed by atoms with E-state index in [1.807, 2.05) is 13.8 Å². The van der Waals surface area contributed by atoms with Crippen LogP contribution in [0.15, 0.2) is 28.2 Å². The van der Waals surface area contributed by atoms with Gasteiger partial charge in [0, 0.05) is 38.7 Å². The van der Waals surface area contributed by atoms with Crippen molar-refractivity contribution in [1.29, 1.82) is 0 Å². The molecular weight excluding hydrogens is 268 g/mol. The molecule has 6 nitrogen and oxygen atoms in total. The van der Waals surface area contributed by atoms with E-state index in [0.717, 1.165) is 6.42 Å². The standard InChI is InChI=1S/C12H20N2O4S/c1-12(2,5-7-18-3)9-14-19(16,17)11-8-13-6-4-10(11)15/h4,6,8,14H,5,7,9H2,1-3H3,(H,13,15). The van der Waals surface area contributed by atoms with Crippen LogP contribution in [0.4, 0.5) is 0 Å². The van der Waals surface area contributed by atoms with Gasteiger partial charge < -0.3 is 9.72 Å². The Morgan fingerprint density at radius 1 is 1.42 bits per heavy atom. The fourth-order valence-electron chi connectivity index (χ4n) is 1.45. The van der Waals surface area contributed by atoms with E-state index in [-0.39, 0.29) is 16.9 Å². The summed E-state index contributed by atoms with van der Waals surface area (Å²) in [6.07, 6.45) is 3.30. The number of rotatable bonds is 7. The molecule has 0 saturated heterocycles. The van der Waals surface area contributed by atoms with Gasteiger partial charge in [0.05, 0.1) is 0 Å². The summed E-state index contributed by atoms with van der Waals surface area (Å²) in [7, 11) is -2.18. The van der Waals surface area contributed by atoms with E-state index in [4.69, 9.17) is 4.74 Å². The second-order valence-electron chi connectivity index (χ2n) is 5.10. The van der Waals surface area contributed by atoms with Gasteiger partial charge in [-0.1, -0.05) is 13.8 Å². The normalized spacial score (nSPS) is 12.6. The molecule has 1 heterocycles. The molecular formula is C12H20N2O4S. The van der Waals surface area contributed by atoms with Gasteiger partial charge in [0.2, 0.25) is 15.5 Å². The topological polar surface area (TPSA) is 88.3 Å².